The van der Waals surface area contributed by atoms with E-state index < -0.39 is 0 Å². The van der Waals surface area contributed by atoms with Crippen LogP contribution in [-0.2, 0) is 0 Å². The van der Waals surface area contributed by atoms with E-state index in [1.54, 1.807) is 12.1 Å². The Kier molecular flexibility index (Phi) is 3.55. The molecular weight excluding hydrogens is 234 g/mol. The summed E-state index contributed by atoms with van der Waals surface area (Å²) < 4.78 is 0. The van der Waals surface area contributed by atoms with Crippen molar-refractivity contribution in [1.82, 2.24) is 0 Å². The standard InChI is InChI=1S/C14H14ClNO/c1-10(11-2-8-14(17)9-3-11)16-13-6-4-12(15)5-7-13/h2-10,16-17H,1H3. The summed E-state index contributed by atoms with van der Waals surface area (Å²) in [6.07, 6.45) is 0. The highest BCUT2D eigenvalue weighted by Gasteiger charge is 2.04. The van der Waals surface area contributed by atoms with E-state index >= 15 is 0 Å². The van der Waals surface area contributed by atoms with Crippen molar-refractivity contribution in [3.05, 3.63) is 59.1 Å². The van der Waals surface area contributed by atoms with E-state index in [9.17, 15) is 5.11 Å². The Morgan fingerprint density at radius 2 is 1.59 bits per heavy atom. The van der Waals surface area contributed by atoms with Gasteiger partial charge < -0.3 is 10.4 Å². The number of rotatable bonds is 3. The van der Waals surface area contributed by atoms with Crippen LogP contribution < -0.4 is 5.32 Å². The Morgan fingerprint density at radius 3 is 2.18 bits per heavy atom. The molecule has 0 heterocycles. The topological polar surface area (TPSA) is 32.3 Å². The molecule has 2 N–H and O–H groups in total. The van der Waals surface area contributed by atoms with Gasteiger partial charge in [0.1, 0.15) is 5.75 Å². The number of benzene rings is 2. The van der Waals surface area contributed by atoms with Crippen molar-refractivity contribution < 1.29 is 5.11 Å². The number of phenols is 1. The van der Waals surface area contributed by atoms with E-state index in [1.165, 1.54) is 0 Å². The predicted octanol–water partition coefficient (Wildman–Crippen LogP) is 4.22. The quantitative estimate of drug-likeness (QED) is 0.851. The van der Waals surface area contributed by atoms with E-state index in [1.807, 2.05) is 36.4 Å². The average molecular weight is 248 g/mol. The van der Waals surface area contributed by atoms with Crippen LogP contribution in [0.1, 0.15) is 18.5 Å². The Hall–Kier alpha value is -1.67. The number of hydrogen-bond donors (Lipinski definition) is 2. The van der Waals surface area contributed by atoms with Crippen LogP contribution in [0.2, 0.25) is 5.02 Å². The van der Waals surface area contributed by atoms with Crippen LogP contribution >= 0.6 is 11.6 Å². The molecule has 3 heteroatoms. The fourth-order valence-electron chi connectivity index (χ4n) is 1.64. The van der Waals surface area contributed by atoms with Crippen molar-refractivity contribution >= 4 is 17.3 Å². The first-order valence-electron chi connectivity index (χ1n) is 5.46. The van der Waals surface area contributed by atoms with E-state index in [4.69, 9.17) is 11.6 Å². The third kappa shape index (κ3) is 3.14. The molecule has 0 bridgehead atoms. The molecule has 0 aromatic heterocycles. The largest absolute Gasteiger partial charge is 0.508 e. The second-order valence-corrected chi connectivity index (χ2v) is 4.40. The lowest BCUT2D eigenvalue weighted by Gasteiger charge is -2.15. The van der Waals surface area contributed by atoms with Crippen molar-refractivity contribution in [2.45, 2.75) is 13.0 Å². The van der Waals surface area contributed by atoms with E-state index in [-0.39, 0.29) is 11.8 Å². The van der Waals surface area contributed by atoms with Crippen molar-refractivity contribution in [2.75, 3.05) is 5.32 Å². The van der Waals surface area contributed by atoms with Crippen molar-refractivity contribution in [3.63, 3.8) is 0 Å². The molecule has 0 aliphatic carbocycles. The summed E-state index contributed by atoms with van der Waals surface area (Å²) in [5.74, 6) is 0.285. The van der Waals surface area contributed by atoms with E-state index in [0.29, 0.717) is 0 Å². The molecule has 2 aromatic carbocycles. The maximum atomic E-state index is 9.22. The van der Waals surface area contributed by atoms with Gasteiger partial charge in [0, 0.05) is 16.8 Å². The van der Waals surface area contributed by atoms with Gasteiger partial charge in [-0.2, -0.15) is 0 Å². The van der Waals surface area contributed by atoms with Gasteiger partial charge >= 0.3 is 0 Å². The zero-order valence-corrected chi connectivity index (χ0v) is 10.3. The number of halogens is 1. The highest BCUT2D eigenvalue weighted by Crippen LogP contribution is 2.22. The summed E-state index contributed by atoms with van der Waals surface area (Å²) in [5, 5.41) is 13.3. The highest BCUT2D eigenvalue weighted by atomic mass is 35.5. The highest BCUT2D eigenvalue weighted by molar-refractivity contribution is 6.30. The average Bonchev–Trinajstić information content (AvgIpc) is 2.33. The second-order valence-electron chi connectivity index (χ2n) is 3.96. The monoisotopic (exact) mass is 247 g/mol. The molecule has 0 radical (unpaired) electrons. The minimum Gasteiger partial charge on any atom is -0.508 e. The van der Waals surface area contributed by atoms with Gasteiger partial charge in [-0.3, -0.25) is 0 Å². The number of anilines is 1. The van der Waals surface area contributed by atoms with Gasteiger partial charge in [-0.05, 0) is 48.9 Å². The molecule has 0 spiro atoms. The fourth-order valence-corrected chi connectivity index (χ4v) is 1.77. The summed E-state index contributed by atoms with van der Waals surface area (Å²) >= 11 is 5.83. The van der Waals surface area contributed by atoms with Crippen LogP contribution in [-0.4, -0.2) is 5.11 Å². The third-order valence-electron chi connectivity index (χ3n) is 2.62. The third-order valence-corrected chi connectivity index (χ3v) is 2.87. The lowest BCUT2D eigenvalue weighted by Crippen LogP contribution is -2.05. The minimum absolute atomic E-state index is 0.178. The molecule has 88 valence electrons. The SMILES string of the molecule is CC(Nc1ccc(Cl)cc1)c1ccc(O)cc1. The van der Waals surface area contributed by atoms with Crippen molar-refractivity contribution in [1.29, 1.82) is 0 Å². The molecule has 0 aliphatic rings. The summed E-state index contributed by atoms with van der Waals surface area (Å²) in [4.78, 5) is 0. The molecule has 0 saturated heterocycles. The first-order valence-corrected chi connectivity index (χ1v) is 5.84. The van der Waals surface area contributed by atoms with Gasteiger partial charge in [-0.15, -0.1) is 0 Å². The van der Waals surface area contributed by atoms with Gasteiger partial charge in [0.05, 0.1) is 0 Å². The Balaban J connectivity index is 2.08. The molecule has 2 nitrogen and oxygen atoms in total. The van der Waals surface area contributed by atoms with E-state index in [0.717, 1.165) is 16.3 Å². The lowest BCUT2D eigenvalue weighted by molar-refractivity contribution is 0.475. The molecule has 17 heavy (non-hydrogen) atoms. The maximum absolute atomic E-state index is 9.22. The zero-order chi connectivity index (χ0) is 12.3. The number of hydrogen-bond acceptors (Lipinski definition) is 2. The fraction of sp³-hybridized carbons (Fsp3) is 0.143. The summed E-state index contributed by atoms with van der Waals surface area (Å²) in [6, 6.07) is 15.0. The normalized spacial score (nSPS) is 12.1. The number of phenolic OH excluding ortho intramolecular Hbond substituents is 1. The minimum atomic E-state index is 0.178. The van der Waals surface area contributed by atoms with Gasteiger partial charge in [0.25, 0.3) is 0 Å². The van der Waals surface area contributed by atoms with Gasteiger partial charge in [0.2, 0.25) is 0 Å². The molecule has 0 saturated carbocycles. The summed E-state index contributed by atoms with van der Waals surface area (Å²) in [7, 11) is 0. The molecule has 0 amide bonds. The van der Waals surface area contributed by atoms with Crippen LogP contribution in [0, 0.1) is 0 Å². The lowest BCUT2D eigenvalue weighted by atomic mass is 10.1. The number of nitrogens with one attached hydrogen (secondary N) is 1. The van der Waals surface area contributed by atoms with Crippen LogP contribution in [0.5, 0.6) is 5.75 Å². The summed E-state index contributed by atoms with van der Waals surface area (Å²) in [5.41, 5.74) is 2.15. The summed E-state index contributed by atoms with van der Waals surface area (Å²) in [6.45, 7) is 2.07. The second kappa shape index (κ2) is 5.11. The van der Waals surface area contributed by atoms with E-state index in [2.05, 4.69) is 12.2 Å². The van der Waals surface area contributed by atoms with Crippen LogP contribution in [0.25, 0.3) is 0 Å². The molecule has 0 aliphatic heterocycles. The van der Waals surface area contributed by atoms with Crippen molar-refractivity contribution in [2.24, 2.45) is 0 Å². The predicted molar refractivity (Wildman–Crippen MR) is 71.6 cm³/mol. The van der Waals surface area contributed by atoms with Crippen LogP contribution in [0.3, 0.4) is 0 Å². The molecule has 2 rings (SSSR count). The Labute approximate surface area is 106 Å². The van der Waals surface area contributed by atoms with Gasteiger partial charge in [-0.1, -0.05) is 23.7 Å². The zero-order valence-electron chi connectivity index (χ0n) is 9.52. The van der Waals surface area contributed by atoms with Crippen molar-refractivity contribution in [3.8, 4) is 5.75 Å². The smallest absolute Gasteiger partial charge is 0.115 e. The first-order chi connectivity index (χ1) is 8.15. The molecule has 2 aromatic rings. The Bertz CT molecular complexity index is 479. The maximum Gasteiger partial charge on any atom is 0.115 e. The molecule has 1 unspecified atom stereocenters. The Morgan fingerprint density at radius 1 is 1.00 bits per heavy atom. The van der Waals surface area contributed by atoms with Crippen LogP contribution in [0.4, 0.5) is 5.69 Å². The molecule has 0 fully saturated rings. The van der Waals surface area contributed by atoms with Crippen LogP contribution in [0.15, 0.2) is 48.5 Å². The molecular formula is C14H14ClNO. The first kappa shape index (κ1) is 11.8. The number of aromatic hydroxyl groups is 1. The van der Waals surface area contributed by atoms with Gasteiger partial charge in [0.15, 0.2) is 0 Å². The molecule has 1 atom stereocenters. The van der Waals surface area contributed by atoms with Gasteiger partial charge in [-0.25, -0.2) is 0 Å².